The Hall–Kier alpha value is -2.17. The summed E-state index contributed by atoms with van der Waals surface area (Å²) >= 11 is 0. The first-order valence-electron chi connectivity index (χ1n) is 7.13. The summed E-state index contributed by atoms with van der Waals surface area (Å²) in [6, 6.07) is 10.5. The van der Waals surface area contributed by atoms with Crippen LogP contribution in [-0.2, 0) is 6.54 Å². The molecule has 0 saturated carbocycles. The van der Waals surface area contributed by atoms with Crippen molar-refractivity contribution in [2.45, 2.75) is 13.0 Å². The van der Waals surface area contributed by atoms with Gasteiger partial charge in [0.15, 0.2) is 12.6 Å². The summed E-state index contributed by atoms with van der Waals surface area (Å²) in [4.78, 5) is 8.05. The molecular formula is C16H19F2IN4O2. The van der Waals surface area contributed by atoms with E-state index in [1.54, 1.807) is 31.4 Å². The Labute approximate surface area is 161 Å². The molecule has 2 rings (SSSR count). The molecule has 1 heterocycles. The zero-order chi connectivity index (χ0) is 17.4. The average Bonchev–Trinajstić information content (AvgIpc) is 2.59. The number of methoxy groups -OCH3 is 1. The Morgan fingerprint density at radius 2 is 2.00 bits per heavy atom. The van der Waals surface area contributed by atoms with E-state index in [4.69, 9.17) is 15.2 Å². The fourth-order valence-electron chi connectivity index (χ4n) is 1.81. The van der Waals surface area contributed by atoms with E-state index in [-0.39, 0.29) is 42.4 Å². The largest absolute Gasteiger partial charge is 0.497 e. The number of benzene rings is 1. The van der Waals surface area contributed by atoms with E-state index in [1.165, 1.54) is 6.20 Å². The lowest BCUT2D eigenvalue weighted by atomic mass is 10.3. The summed E-state index contributed by atoms with van der Waals surface area (Å²) in [6.07, 6.45) is -1.07. The molecule has 2 aromatic rings. The number of ether oxygens (including phenoxy) is 2. The summed E-state index contributed by atoms with van der Waals surface area (Å²) in [5.74, 6) is 1.10. The minimum absolute atomic E-state index is 0. The molecule has 0 fully saturated rings. The van der Waals surface area contributed by atoms with E-state index < -0.39 is 13.0 Å². The molecule has 0 aliphatic rings. The number of alkyl halides is 2. The fourth-order valence-corrected chi connectivity index (χ4v) is 1.81. The second kappa shape index (κ2) is 10.6. The minimum Gasteiger partial charge on any atom is -0.497 e. The molecule has 1 aromatic carbocycles. The number of rotatable bonds is 7. The molecule has 0 unspecified atom stereocenters. The summed E-state index contributed by atoms with van der Waals surface area (Å²) in [6.45, 7) is -0.427. The van der Waals surface area contributed by atoms with Crippen LogP contribution in [0.3, 0.4) is 0 Å². The van der Waals surface area contributed by atoms with Gasteiger partial charge in [0.25, 0.3) is 6.43 Å². The van der Waals surface area contributed by atoms with Crippen LogP contribution in [0.25, 0.3) is 0 Å². The van der Waals surface area contributed by atoms with Crippen molar-refractivity contribution in [1.29, 1.82) is 0 Å². The molecule has 0 aliphatic carbocycles. The highest BCUT2D eigenvalue weighted by molar-refractivity contribution is 14.0. The van der Waals surface area contributed by atoms with Crippen LogP contribution in [0.15, 0.2) is 47.6 Å². The van der Waals surface area contributed by atoms with Crippen LogP contribution < -0.4 is 20.5 Å². The van der Waals surface area contributed by atoms with Crippen molar-refractivity contribution < 1.29 is 18.3 Å². The molecule has 25 heavy (non-hydrogen) atoms. The average molecular weight is 464 g/mol. The highest BCUT2D eigenvalue weighted by atomic mass is 127. The summed E-state index contributed by atoms with van der Waals surface area (Å²) in [7, 11) is 1.59. The Balaban J connectivity index is 0.00000312. The predicted molar refractivity (Wildman–Crippen MR) is 103 cm³/mol. The number of aliphatic imine (C=N–C) groups is 1. The Morgan fingerprint density at radius 3 is 2.64 bits per heavy atom. The van der Waals surface area contributed by atoms with Crippen molar-refractivity contribution in [2.75, 3.05) is 19.0 Å². The van der Waals surface area contributed by atoms with Crippen LogP contribution in [0, 0.1) is 0 Å². The van der Waals surface area contributed by atoms with Gasteiger partial charge in [-0.1, -0.05) is 0 Å². The normalized spacial score (nSPS) is 11.0. The topological polar surface area (TPSA) is 81.8 Å². The lowest BCUT2D eigenvalue weighted by Crippen LogP contribution is -2.22. The number of pyridine rings is 1. The molecule has 1 aromatic heterocycles. The molecule has 136 valence electrons. The maximum atomic E-state index is 12.1. The number of halogens is 3. The molecule has 0 radical (unpaired) electrons. The van der Waals surface area contributed by atoms with Gasteiger partial charge < -0.3 is 20.5 Å². The lowest BCUT2D eigenvalue weighted by molar-refractivity contribution is 0.0795. The number of nitrogens with two attached hydrogens (primary N) is 1. The first kappa shape index (κ1) is 20.9. The van der Waals surface area contributed by atoms with Gasteiger partial charge in [-0.25, -0.2) is 18.8 Å². The quantitative estimate of drug-likeness (QED) is 0.374. The summed E-state index contributed by atoms with van der Waals surface area (Å²) < 4.78 is 34.2. The second-order valence-corrected chi connectivity index (χ2v) is 4.76. The van der Waals surface area contributed by atoms with Gasteiger partial charge in [-0.05, 0) is 35.9 Å². The van der Waals surface area contributed by atoms with Gasteiger partial charge in [0.2, 0.25) is 5.88 Å². The van der Waals surface area contributed by atoms with Gasteiger partial charge in [0.05, 0.1) is 13.7 Å². The van der Waals surface area contributed by atoms with Crippen LogP contribution in [0.1, 0.15) is 5.56 Å². The molecule has 0 atom stereocenters. The lowest BCUT2D eigenvalue weighted by Gasteiger charge is -2.07. The molecular weight excluding hydrogens is 445 g/mol. The summed E-state index contributed by atoms with van der Waals surface area (Å²) in [5.41, 5.74) is 7.34. The smallest absolute Gasteiger partial charge is 0.272 e. The van der Waals surface area contributed by atoms with Crippen LogP contribution in [0.2, 0.25) is 0 Å². The van der Waals surface area contributed by atoms with Crippen LogP contribution >= 0.6 is 24.0 Å². The Kier molecular flexibility index (Phi) is 8.89. The molecule has 0 aliphatic heterocycles. The first-order valence-corrected chi connectivity index (χ1v) is 7.13. The zero-order valence-electron chi connectivity index (χ0n) is 13.5. The number of anilines is 1. The van der Waals surface area contributed by atoms with Crippen LogP contribution in [-0.4, -0.2) is 31.1 Å². The number of aromatic nitrogens is 1. The molecule has 0 amide bonds. The third-order valence-corrected chi connectivity index (χ3v) is 2.95. The third kappa shape index (κ3) is 7.50. The van der Waals surface area contributed by atoms with Crippen molar-refractivity contribution in [3.63, 3.8) is 0 Å². The van der Waals surface area contributed by atoms with E-state index in [0.717, 1.165) is 17.0 Å². The number of nitrogens with zero attached hydrogens (tertiary/aromatic N) is 2. The van der Waals surface area contributed by atoms with Gasteiger partial charge >= 0.3 is 0 Å². The van der Waals surface area contributed by atoms with Gasteiger partial charge in [-0.15, -0.1) is 24.0 Å². The Bertz CT molecular complexity index is 684. The molecule has 3 N–H and O–H groups in total. The van der Waals surface area contributed by atoms with Crippen LogP contribution in [0.4, 0.5) is 14.5 Å². The standard InChI is InChI=1S/C16H18F2N4O2.HI/c1-23-13-4-2-12(3-5-13)22-16(19)21-9-11-6-7-20-15(8-11)24-10-14(17)18;/h2-8,14H,9-10H2,1H3,(H3,19,21,22);1H. The molecule has 9 heteroatoms. The van der Waals surface area contributed by atoms with Crippen molar-refractivity contribution in [3.05, 3.63) is 48.2 Å². The highest BCUT2D eigenvalue weighted by Crippen LogP contribution is 2.15. The minimum atomic E-state index is -2.54. The van der Waals surface area contributed by atoms with E-state index in [9.17, 15) is 8.78 Å². The van der Waals surface area contributed by atoms with Gasteiger partial charge in [0.1, 0.15) is 5.75 Å². The van der Waals surface area contributed by atoms with E-state index in [2.05, 4.69) is 15.3 Å². The maximum Gasteiger partial charge on any atom is 0.272 e. The third-order valence-electron chi connectivity index (χ3n) is 2.95. The maximum absolute atomic E-state index is 12.1. The van der Waals surface area contributed by atoms with Crippen molar-refractivity contribution >= 4 is 35.6 Å². The molecule has 0 saturated heterocycles. The van der Waals surface area contributed by atoms with Crippen LogP contribution in [0.5, 0.6) is 11.6 Å². The van der Waals surface area contributed by atoms with Gasteiger partial charge in [-0.3, -0.25) is 0 Å². The van der Waals surface area contributed by atoms with Gasteiger partial charge in [-0.2, -0.15) is 0 Å². The number of hydrogen-bond donors (Lipinski definition) is 2. The van der Waals surface area contributed by atoms with Crippen molar-refractivity contribution in [1.82, 2.24) is 4.98 Å². The monoisotopic (exact) mass is 464 g/mol. The zero-order valence-corrected chi connectivity index (χ0v) is 15.8. The van der Waals surface area contributed by atoms with Crippen molar-refractivity contribution in [3.8, 4) is 11.6 Å². The van der Waals surface area contributed by atoms with E-state index >= 15 is 0 Å². The van der Waals surface area contributed by atoms with Gasteiger partial charge in [0, 0.05) is 18.0 Å². The molecule has 0 bridgehead atoms. The molecule has 6 nitrogen and oxygen atoms in total. The predicted octanol–water partition coefficient (Wildman–Crippen LogP) is 3.28. The second-order valence-electron chi connectivity index (χ2n) is 4.76. The Morgan fingerprint density at radius 1 is 1.28 bits per heavy atom. The van der Waals surface area contributed by atoms with E-state index in [0.29, 0.717) is 0 Å². The number of nitrogens with one attached hydrogen (secondary N) is 1. The number of hydrogen-bond acceptors (Lipinski definition) is 4. The summed E-state index contributed by atoms with van der Waals surface area (Å²) in [5, 5.41) is 2.94. The number of guanidine groups is 1. The first-order chi connectivity index (χ1) is 11.6. The van der Waals surface area contributed by atoms with E-state index in [1.807, 2.05) is 12.1 Å². The van der Waals surface area contributed by atoms with Crippen molar-refractivity contribution in [2.24, 2.45) is 10.7 Å². The molecule has 0 spiro atoms. The SMILES string of the molecule is COc1ccc(NC(N)=NCc2ccnc(OCC(F)F)c2)cc1.I. The highest BCUT2D eigenvalue weighted by Gasteiger charge is 2.05. The fraction of sp³-hybridized carbons (Fsp3) is 0.250.